The highest BCUT2D eigenvalue weighted by Crippen LogP contribution is 2.45. The fourth-order valence-electron chi connectivity index (χ4n) is 3.81. The maximum absolute atomic E-state index is 11.3. The number of carbonyl (C=O) groups is 2. The second kappa shape index (κ2) is 6.95. The highest BCUT2D eigenvalue weighted by atomic mass is 16.7. The largest absolute Gasteiger partial charge is 0.507 e. The lowest BCUT2D eigenvalue weighted by Gasteiger charge is -2.44. The van der Waals surface area contributed by atoms with Crippen molar-refractivity contribution >= 4 is 12.1 Å². The van der Waals surface area contributed by atoms with Gasteiger partial charge in [0.05, 0.1) is 13.7 Å². The van der Waals surface area contributed by atoms with Crippen LogP contribution in [0.25, 0.3) is 0 Å². The Balaban J connectivity index is 1.92. The Morgan fingerprint density at radius 2 is 2.00 bits per heavy atom. The molecule has 20 heavy (non-hydrogen) atoms. The summed E-state index contributed by atoms with van der Waals surface area (Å²) >= 11 is 0. The summed E-state index contributed by atoms with van der Waals surface area (Å²) in [6.07, 6.45) is 5.97. The first-order chi connectivity index (χ1) is 9.60. The van der Waals surface area contributed by atoms with Crippen LogP contribution in [-0.4, -0.2) is 31.9 Å². The molecule has 0 aliphatic heterocycles. The molecule has 2 rings (SSSR count). The van der Waals surface area contributed by atoms with Crippen LogP contribution in [0.15, 0.2) is 0 Å². The molecule has 2 aliphatic rings. The van der Waals surface area contributed by atoms with Crippen molar-refractivity contribution in [2.75, 3.05) is 13.7 Å². The minimum Gasteiger partial charge on any atom is -0.462 e. The molecule has 4 atom stereocenters. The Morgan fingerprint density at radius 3 is 2.70 bits per heavy atom. The van der Waals surface area contributed by atoms with Gasteiger partial charge in [-0.1, -0.05) is 12.8 Å². The molecule has 0 aromatic heterocycles. The molecule has 0 saturated heterocycles. The van der Waals surface area contributed by atoms with Crippen molar-refractivity contribution < 1.29 is 23.8 Å². The van der Waals surface area contributed by atoms with Gasteiger partial charge in [-0.25, -0.2) is 4.79 Å². The molecule has 0 spiro atoms. The minimum absolute atomic E-state index is 0.00898. The first-order valence-electron chi connectivity index (χ1n) is 7.48. The zero-order valence-electron chi connectivity index (χ0n) is 12.3. The van der Waals surface area contributed by atoms with E-state index in [1.807, 2.05) is 0 Å². The normalized spacial score (nSPS) is 32.3. The summed E-state index contributed by atoms with van der Waals surface area (Å²) in [7, 11) is 1.30. The Morgan fingerprint density at radius 1 is 1.20 bits per heavy atom. The zero-order valence-corrected chi connectivity index (χ0v) is 12.3. The van der Waals surface area contributed by atoms with Gasteiger partial charge in [0, 0.05) is 6.92 Å². The molecule has 0 aromatic carbocycles. The van der Waals surface area contributed by atoms with Gasteiger partial charge in [-0.15, -0.1) is 0 Å². The number of carbonyl (C=O) groups excluding carboxylic acids is 2. The molecule has 2 aliphatic carbocycles. The van der Waals surface area contributed by atoms with Gasteiger partial charge in [0.15, 0.2) is 0 Å². The van der Waals surface area contributed by atoms with E-state index in [4.69, 9.17) is 9.47 Å². The van der Waals surface area contributed by atoms with Crippen LogP contribution in [0.3, 0.4) is 0 Å². The van der Waals surface area contributed by atoms with Crippen LogP contribution in [-0.2, 0) is 19.0 Å². The predicted molar refractivity (Wildman–Crippen MR) is 72.1 cm³/mol. The third kappa shape index (κ3) is 3.87. The van der Waals surface area contributed by atoms with Gasteiger partial charge in [0.2, 0.25) is 0 Å². The fourth-order valence-corrected chi connectivity index (χ4v) is 3.81. The molecule has 5 nitrogen and oxygen atoms in total. The van der Waals surface area contributed by atoms with Crippen molar-refractivity contribution in [1.82, 2.24) is 0 Å². The molecule has 0 heterocycles. The van der Waals surface area contributed by atoms with Gasteiger partial charge in [-0.05, 0) is 43.4 Å². The summed E-state index contributed by atoms with van der Waals surface area (Å²) in [6, 6.07) is 0. The molecule has 4 unspecified atom stereocenters. The van der Waals surface area contributed by atoms with E-state index in [0.29, 0.717) is 18.4 Å². The number of esters is 1. The van der Waals surface area contributed by atoms with Crippen LogP contribution in [0.2, 0.25) is 0 Å². The Labute approximate surface area is 120 Å². The summed E-state index contributed by atoms with van der Waals surface area (Å²) in [6.45, 7) is 1.80. The van der Waals surface area contributed by atoms with E-state index in [0.717, 1.165) is 25.2 Å². The molecule has 5 heteroatoms. The molecule has 2 fully saturated rings. The van der Waals surface area contributed by atoms with Crippen LogP contribution >= 0.6 is 0 Å². The Kier molecular flexibility index (Phi) is 5.26. The van der Waals surface area contributed by atoms with Crippen LogP contribution in [0.5, 0.6) is 0 Å². The topological polar surface area (TPSA) is 61.8 Å². The van der Waals surface area contributed by atoms with Gasteiger partial charge < -0.3 is 14.2 Å². The average molecular weight is 284 g/mol. The zero-order chi connectivity index (χ0) is 14.5. The monoisotopic (exact) mass is 284 g/mol. The molecule has 2 saturated carbocycles. The van der Waals surface area contributed by atoms with Crippen molar-refractivity contribution in [3.8, 4) is 0 Å². The molecule has 0 radical (unpaired) electrons. The molecule has 114 valence electrons. The van der Waals surface area contributed by atoms with Gasteiger partial charge in [0.25, 0.3) is 0 Å². The Bertz CT molecular complexity index is 354. The average Bonchev–Trinajstić information content (AvgIpc) is 2.42. The maximum Gasteiger partial charge on any atom is 0.507 e. The lowest BCUT2D eigenvalue weighted by molar-refractivity contribution is -0.159. The lowest BCUT2D eigenvalue weighted by atomic mass is 9.65. The van der Waals surface area contributed by atoms with Crippen LogP contribution in [0.1, 0.15) is 45.4 Å². The van der Waals surface area contributed by atoms with Gasteiger partial charge in [-0.2, -0.15) is 0 Å². The summed E-state index contributed by atoms with van der Waals surface area (Å²) in [4.78, 5) is 22.3. The summed E-state index contributed by atoms with van der Waals surface area (Å²) in [5.41, 5.74) is 0. The third-order valence-electron chi connectivity index (χ3n) is 4.57. The minimum atomic E-state index is -0.648. The van der Waals surface area contributed by atoms with Crippen LogP contribution in [0, 0.1) is 17.8 Å². The van der Waals surface area contributed by atoms with Crippen molar-refractivity contribution in [3.05, 3.63) is 0 Å². The van der Waals surface area contributed by atoms with Gasteiger partial charge >= 0.3 is 12.1 Å². The first-order valence-corrected chi connectivity index (χ1v) is 7.48. The molecular formula is C15H24O5. The number of hydrogen-bond donors (Lipinski definition) is 0. The first kappa shape index (κ1) is 15.1. The second-order valence-electron chi connectivity index (χ2n) is 5.95. The maximum atomic E-state index is 11.3. The lowest BCUT2D eigenvalue weighted by Crippen LogP contribution is -2.42. The number of ether oxygens (including phenoxy) is 3. The van der Waals surface area contributed by atoms with E-state index >= 15 is 0 Å². The van der Waals surface area contributed by atoms with Crippen LogP contribution in [0.4, 0.5) is 4.79 Å². The standard InChI is InChI=1S/C15H24O5/c1-10(16)20-14-12-5-3-4-11(8-12)9-13(14)6-7-19-15(17)18-2/h11-14H,3-9H2,1-2H3. The number of hydrogen-bond acceptors (Lipinski definition) is 5. The molecule has 0 aromatic rings. The highest BCUT2D eigenvalue weighted by Gasteiger charge is 2.41. The number of rotatable bonds is 4. The summed E-state index contributed by atoms with van der Waals surface area (Å²) in [5, 5.41) is 0. The van der Waals surface area contributed by atoms with Crippen LogP contribution < -0.4 is 0 Å². The van der Waals surface area contributed by atoms with E-state index in [9.17, 15) is 9.59 Å². The van der Waals surface area contributed by atoms with Gasteiger partial charge in [-0.3, -0.25) is 4.79 Å². The van der Waals surface area contributed by atoms with Gasteiger partial charge in [0.1, 0.15) is 6.10 Å². The quantitative estimate of drug-likeness (QED) is 0.743. The van der Waals surface area contributed by atoms with E-state index in [2.05, 4.69) is 4.74 Å². The van der Waals surface area contributed by atoms with Crippen molar-refractivity contribution in [2.45, 2.75) is 51.6 Å². The van der Waals surface area contributed by atoms with E-state index in [-0.39, 0.29) is 12.1 Å². The van der Waals surface area contributed by atoms with Crippen molar-refractivity contribution in [2.24, 2.45) is 17.8 Å². The second-order valence-corrected chi connectivity index (χ2v) is 5.95. The number of methoxy groups -OCH3 is 1. The predicted octanol–water partition coefficient (Wildman–Crippen LogP) is 2.92. The molecule has 0 amide bonds. The Hall–Kier alpha value is -1.26. The summed E-state index contributed by atoms with van der Waals surface area (Å²) in [5.74, 6) is 1.31. The summed E-state index contributed by atoms with van der Waals surface area (Å²) < 4.78 is 15.0. The smallest absolute Gasteiger partial charge is 0.462 e. The molecule has 0 N–H and O–H groups in total. The fraction of sp³-hybridized carbons (Fsp3) is 0.867. The molecule has 2 bridgehead atoms. The van der Waals surface area contributed by atoms with E-state index in [1.165, 1.54) is 33.3 Å². The van der Waals surface area contributed by atoms with Crippen molar-refractivity contribution in [1.29, 1.82) is 0 Å². The van der Waals surface area contributed by atoms with E-state index in [1.54, 1.807) is 0 Å². The third-order valence-corrected chi connectivity index (χ3v) is 4.57. The number of fused-ring (bicyclic) bond motifs is 2. The molecular weight excluding hydrogens is 260 g/mol. The highest BCUT2D eigenvalue weighted by molar-refractivity contribution is 5.66. The SMILES string of the molecule is COC(=O)OCCC1CC2CCCC(C2)C1OC(C)=O. The van der Waals surface area contributed by atoms with E-state index < -0.39 is 6.16 Å². The van der Waals surface area contributed by atoms with Crippen molar-refractivity contribution in [3.63, 3.8) is 0 Å².